The number of nitriles is 1. The molecule has 1 fully saturated rings. The van der Waals surface area contributed by atoms with E-state index in [0.717, 1.165) is 42.5 Å². The zero-order valence-corrected chi connectivity index (χ0v) is 14.5. The fraction of sp³-hybridized carbons (Fsp3) is 0.286. The third kappa shape index (κ3) is 3.45. The molecule has 130 valence electrons. The van der Waals surface area contributed by atoms with Gasteiger partial charge in [0.15, 0.2) is 0 Å². The fourth-order valence-electron chi connectivity index (χ4n) is 3.45. The van der Waals surface area contributed by atoms with Crippen molar-refractivity contribution >= 4 is 16.6 Å². The van der Waals surface area contributed by atoms with E-state index in [-0.39, 0.29) is 0 Å². The maximum Gasteiger partial charge on any atom is 0.213 e. The maximum atomic E-state index is 9.29. The van der Waals surface area contributed by atoms with Crippen LogP contribution in [0.15, 0.2) is 54.7 Å². The molecule has 0 amide bonds. The van der Waals surface area contributed by atoms with Crippen LogP contribution in [-0.4, -0.2) is 29.7 Å². The molecular weight excluding hydrogens is 324 g/mol. The first-order chi connectivity index (χ1) is 12.8. The van der Waals surface area contributed by atoms with Gasteiger partial charge in [0.25, 0.3) is 0 Å². The molecule has 0 atom stereocenters. The van der Waals surface area contributed by atoms with Crippen LogP contribution in [0.2, 0.25) is 0 Å². The van der Waals surface area contributed by atoms with E-state index < -0.39 is 0 Å². The van der Waals surface area contributed by atoms with Gasteiger partial charge in [-0.2, -0.15) is 5.26 Å². The van der Waals surface area contributed by atoms with E-state index in [1.165, 1.54) is 0 Å². The number of pyridine rings is 2. The van der Waals surface area contributed by atoms with E-state index in [2.05, 4.69) is 27.0 Å². The molecule has 3 aromatic rings. The molecule has 0 radical (unpaired) electrons. The second-order valence-corrected chi connectivity index (χ2v) is 6.56. The molecule has 26 heavy (non-hydrogen) atoms. The predicted molar refractivity (Wildman–Crippen MR) is 101 cm³/mol. The third-order valence-electron chi connectivity index (χ3n) is 4.87. The molecule has 1 saturated heterocycles. The van der Waals surface area contributed by atoms with Gasteiger partial charge in [-0.3, -0.25) is 0 Å². The van der Waals surface area contributed by atoms with Gasteiger partial charge in [0.2, 0.25) is 5.88 Å². The van der Waals surface area contributed by atoms with Gasteiger partial charge in [-0.05, 0) is 37.0 Å². The molecule has 5 heteroatoms. The number of benzene rings is 1. The van der Waals surface area contributed by atoms with Gasteiger partial charge in [0, 0.05) is 36.4 Å². The smallest absolute Gasteiger partial charge is 0.213 e. The van der Waals surface area contributed by atoms with Crippen molar-refractivity contribution in [2.75, 3.05) is 24.6 Å². The van der Waals surface area contributed by atoms with Crippen LogP contribution in [0.1, 0.15) is 18.5 Å². The van der Waals surface area contributed by atoms with E-state index in [0.29, 0.717) is 24.1 Å². The number of aromatic nitrogens is 2. The first-order valence-electron chi connectivity index (χ1n) is 8.92. The Morgan fingerprint density at radius 2 is 1.92 bits per heavy atom. The molecule has 1 aliphatic heterocycles. The number of piperidine rings is 1. The lowest BCUT2D eigenvalue weighted by molar-refractivity contribution is 0.216. The van der Waals surface area contributed by atoms with E-state index in [9.17, 15) is 5.26 Å². The molecule has 0 saturated carbocycles. The molecule has 1 aromatic carbocycles. The molecule has 0 N–H and O–H groups in total. The van der Waals surface area contributed by atoms with E-state index in [4.69, 9.17) is 4.74 Å². The van der Waals surface area contributed by atoms with Crippen LogP contribution in [0.4, 0.5) is 5.69 Å². The molecule has 0 spiro atoms. The molecule has 1 aliphatic rings. The highest BCUT2D eigenvalue weighted by Gasteiger charge is 2.22. The van der Waals surface area contributed by atoms with Crippen LogP contribution in [-0.2, 0) is 0 Å². The summed E-state index contributed by atoms with van der Waals surface area (Å²) in [4.78, 5) is 11.0. The number of nitrogens with zero attached hydrogens (tertiary/aromatic N) is 4. The summed E-state index contributed by atoms with van der Waals surface area (Å²) in [6.45, 7) is 2.61. The Bertz CT molecular complexity index is 928. The number of ether oxygens (including phenoxy) is 1. The van der Waals surface area contributed by atoms with Crippen LogP contribution in [0.3, 0.4) is 0 Å². The molecule has 0 aliphatic carbocycles. The minimum Gasteiger partial charge on any atom is -0.477 e. The summed E-state index contributed by atoms with van der Waals surface area (Å²) in [6, 6.07) is 17.8. The maximum absolute atomic E-state index is 9.29. The Labute approximate surface area is 152 Å². The number of rotatable bonds is 4. The fourth-order valence-corrected chi connectivity index (χ4v) is 3.45. The highest BCUT2D eigenvalue weighted by Crippen LogP contribution is 2.30. The average molecular weight is 344 g/mol. The average Bonchev–Trinajstić information content (AvgIpc) is 2.72. The number of fused-ring (bicyclic) bond motifs is 1. The van der Waals surface area contributed by atoms with Crippen molar-refractivity contribution in [3.63, 3.8) is 0 Å². The van der Waals surface area contributed by atoms with Gasteiger partial charge < -0.3 is 9.64 Å². The summed E-state index contributed by atoms with van der Waals surface area (Å²) >= 11 is 0. The summed E-state index contributed by atoms with van der Waals surface area (Å²) in [5.74, 6) is 1.21. The first-order valence-corrected chi connectivity index (χ1v) is 8.92. The Kier molecular flexibility index (Phi) is 4.65. The molecule has 5 nitrogen and oxygen atoms in total. The van der Waals surface area contributed by atoms with Crippen molar-refractivity contribution < 1.29 is 4.74 Å². The molecule has 0 unspecified atom stereocenters. The topological polar surface area (TPSA) is 62.0 Å². The monoisotopic (exact) mass is 344 g/mol. The number of hydrogen-bond acceptors (Lipinski definition) is 5. The zero-order chi connectivity index (χ0) is 17.8. The lowest BCUT2D eigenvalue weighted by atomic mass is 9.97. The highest BCUT2D eigenvalue weighted by molar-refractivity contribution is 5.92. The Morgan fingerprint density at radius 3 is 2.69 bits per heavy atom. The van der Waals surface area contributed by atoms with Crippen LogP contribution < -0.4 is 9.64 Å². The van der Waals surface area contributed by atoms with Crippen LogP contribution in [0.5, 0.6) is 5.88 Å². The molecular formula is C21H20N4O. The largest absolute Gasteiger partial charge is 0.477 e. The quantitative estimate of drug-likeness (QED) is 0.720. The predicted octanol–water partition coefficient (Wildman–Crippen LogP) is 3.80. The van der Waals surface area contributed by atoms with Crippen LogP contribution >= 0.6 is 0 Å². The van der Waals surface area contributed by atoms with Gasteiger partial charge in [-0.1, -0.05) is 24.3 Å². The van der Waals surface area contributed by atoms with Gasteiger partial charge in [-0.15, -0.1) is 0 Å². The van der Waals surface area contributed by atoms with Crippen molar-refractivity contribution in [2.24, 2.45) is 5.92 Å². The van der Waals surface area contributed by atoms with Crippen LogP contribution in [0, 0.1) is 17.2 Å². The number of para-hydroxylation sites is 1. The highest BCUT2D eigenvalue weighted by atomic mass is 16.5. The lowest BCUT2D eigenvalue weighted by Gasteiger charge is -2.34. The summed E-state index contributed by atoms with van der Waals surface area (Å²) in [6.07, 6.45) is 3.87. The minimum absolute atomic E-state index is 0.472. The second kappa shape index (κ2) is 7.40. The number of hydrogen-bond donors (Lipinski definition) is 0. The lowest BCUT2D eigenvalue weighted by Crippen LogP contribution is -2.35. The van der Waals surface area contributed by atoms with Crippen molar-refractivity contribution in [2.45, 2.75) is 12.8 Å². The third-order valence-corrected chi connectivity index (χ3v) is 4.87. The van der Waals surface area contributed by atoms with Gasteiger partial charge in [0.1, 0.15) is 11.8 Å². The van der Waals surface area contributed by atoms with E-state index >= 15 is 0 Å². The summed E-state index contributed by atoms with van der Waals surface area (Å²) < 4.78 is 5.81. The van der Waals surface area contributed by atoms with Crippen molar-refractivity contribution in [1.29, 1.82) is 5.26 Å². The van der Waals surface area contributed by atoms with Crippen molar-refractivity contribution in [3.05, 3.63) is 60.4 Å². The van der Waals surface area contributed by atoms with E-state index in [1.807, 2.05) is 42.5 Å². The van der Waals surface area contributed by atoms with Gasteiger partial charge >= 0.3 is 0 Å². The Balaban J connectivity index is 1.45. The Morgan fingerprint density at radius 1 is 1.12 bits per heavy atom. The number of anilines is 1. The van der Waals surface area contributed by atoms with E-state index in [1.54, 1.807) is 6.20 Å². The minimum atomic E-state index is 0.472. The molecule has 4 rings (SSSR count). The van der Waals surface area contributed by atoms with Crippen molar-refractivity contribution in [1.82, 2.24) is 9.97 Å². The Hall–Kier alpha value is -3.13. The molecule has 2 aromatic heterocycles. The standard InChI is InChI=1S/C21H20N4O/c22-14-17-13-20(18-5-1-2-6-19(18)24-17)25-11-8-16(9-12-25)15-26-21-7-3-4-10-23-21/h1-7,10,13,16H,8-9,11-12,15H2. The van der Waals surface area contributed by atoms with Gasteiger partial charge in [-0.25, -0.2) is 9.97 Å². The SMILES string of the molecule is N#Cc1cc(N2CCC(COc3ccccn3)CC2)c2ccccc2n1. The first kappa shape index (κ1) is 16.3. The summed E-state index contributed by atoms with van der Waals surface area (Å²) in [7, 11) is 0. The van der Waals surface area contributed by atoms with Crippen molar-refractivity contribution in [3.8, 4) is 11.9 Å². The van der Waals surface area contributed by atoms with Gasteiger partial charge in [0.05, 0.1) is 12.1 Å². The second-order valence-electron chi connectivity index (χ2n) is 6.56. The summed E-state index contributed by atoms with van der Waals surface area (Å²) in [5, 5.41) is 10.4. The zero-order valence-electron chi connectivity index (χ0n) is 14.5. The molecule has 3 heterocycles. The van der Waals surface area contributed by atoms with Crippen LogP contribution in [0.25, 0.3) is 10.9 Å². The normalized spacial score (nSPS) is 15.0. The summed E-state index contributed by atoms with van der Waals surface area (Å²) in [5.41, 5.74) is 2.46. The molecule has 0 bridgehead atoms.